The molecule has 6 heteroatoms. The Morgan fingerprint density at radius 1 is 0.359 bits per heavy atom. The molecule has 0 heterocycles. The molecule has 0 fully saturated rings. The highest BCUT2D eigenvalue weighted by atomic mass is 16.5. The van der Waals surface area contributed by atoms with E-state index >= 15 is 0 Å². The first-order valence-corrected chi connectivity index (χ1v) is 34.9. The number of nitrogens with one attached hydrogen (secondary N) is 1. The fourth-order valence-electron chi connectivity index (χ4n) is 10.7. The molecule has 2 atom stereocenters. The third-order valence-corrected chi connectivity index (χ3v) is 16.1. The van der Waals surface area contributed by atoms with Crippen LogP contribution in [0.3, 0.4) is 0 Å². The molecule has 0 saturated carbocycles. The number of hydrogen-bond acceptors (Lipinski definition) is 5. The van der Waals surface area contributed by atoms with Gasteiger partial charge in [0.05, 0.1) is 25.4 Å². The maximum atomic E-state index is 12.5. The number of hydrogen-bond donors (Lipinski definition) is 3. The number of esters is 1. The molecule has 0 aromatic carbocycles. The Hall–Kier alpha value is -2.18. The van der Waals surface area contributed by atoms with Crippen LogP contribution in [0, 0.1) is 0 Å². The predicted octanol–water partition coefficient (Wildman–Crippen LogP) is 22.5. The highest BCUT2D eigenvalue weighted by molar-refractivity contribution is 5.76. The summed E-state index contributed by atoms with van der Waals surface area (Å²) in [5.41, 5.74) is 0. The molecule has 78 heavy (non-hydrogen) atoms. The molecule has 0 aliphatic rings. The van der Waals surface area contributed by atoms with E-state index in [1.54, 1.807) is 6.08 Å². The van der Waals surface area contributed by atoms with Gasteiger partial charge in [0.2, 0.25) is 5.91 Å². The summed E-state index contributed by atoms with van der Waals surface area (Å²) in [6.07, 6.45) is 87.6. The van der Waals surface area contributed by atoms with Crippen LogP contribution in [0.4, 0.5) is 0 Å². The Bertz CT molecular complexity index is 1310. The number of unbranched alkanes of at least 4 members (excludes halogenated alkanes) is 48. The summed E-state index contributed by atoms with van der Waals surface area (Å²) in [6.45, 7) is 4.91. The molecule has 6 nitrogen and oxygen atoms in total. The SMILES string of the molecule is CCCCCCC/C=C\CCCCCCCC(=O)OCCCCCCCCCCC/C=C\C/C=C\CCCCCCCCCCCCCCCCCC(=O)NC(CO)C(O)/C=C/CCCCCCCCCCCCCCCC. The van der Waals surface area contributed by atoms with Crippen molar-refractivity contribution in [3.63, 3.8) is 0 Å². The molecule has 2 unspecified atom stereocenters. The second-order valence-corrected chi connectivity index (χ2v) is 23.9. The van der Waals surface area contributed by atoms with Crippen molar-refractivity contribution in [2.24, 2.45) is 0 Å². The summed E-state index contributed by atoms with van der Waals surface area (Å²) >= 11 is 0. The van der Waals surface area contributed by atoms with Gasteiger partial charge in [0.1, 0.15) is 0 Å². The zero-order valence-corrected chi connectivity index (χ0v) is 52.4. The van der Waals surface area contributed by atoms with Crippen LogP contribution < -0.4 is 5.32 Å². The van der Waals surface area contributed by atoms with Gasteiger partial charge in [-0.05, 0) is 89.9 Å². The molecule has 0 aromatic heterocycles. The van der Waals surface area contributed by atoms with Crippen molar-refractivity contribution in [2.45, 2.75) is 386 Å². The first-order valence-electron chi connectivity index (χ1n) is 34.9. The van der Waals surface area contributed by atoms with Crippen molar-refractivity contribution in [3.8, 4) is 0 Å². The van der Waals surface area contributed by atoms with Gasteiger partial charge < -0.3 is 20.3 Å². The van der Waals surface area contributed by atoms with Gasteiger partial charge >= 0.3 is 5.97 Å². The normalized spacial score (nSPS) is 12.8. The van der Waals surface area contributed by atoms with Gasteiger partial charge in [0, 0.05) is 12.8 Å². The van der Waals surface area contributed by atoms with Crippen LogP contribution in [0.2, 0.25) is 0 Å². The number of allylic oxidation sites excluding steroid dienone is 7. The second kappa shape index (κ2) is 67.3. The maximum absolute atomic E-state index is 12.5. The van der Waals surface area contributed by atoms with E-state index < -0.39 is 12.1 Å². The summed E-state index contributed by atoms with van der Waals surface area (Å²) < 4.78 is 5.48. The van der Waals surface area contributed by atoms with E-state index in [1.807, 2.05) is 6.08 Å². The first-order chi connectivity index (χ1) is 38.5. The highest BCUT2D eigenvalue weighted by Crippen LogP contribution is 2.18. The zero-order chi connectivity index (χ0) is 56.4. The molecular formula is C72H135NO5. The van der Waals surface area contributed by atoms with Gasteiger partial charge in [-0.2, -0.15) is 0 Å². The van der Waals surface area contributed by atoms with Crippen molar-refractivity contribution in [1.29, 1.82) is 0 Å². The molecule has 0 aliphatic heterocycles. The Kier molecular flexibility index (Phi) is 65.4. The van der Waals surface area contributed by atoms with Crippen LogP contribution in [0.1, 0.15) is 373 Å². The van der Waals surface area contributed by atoms with Crippen molar-refractivity contribution < 1.29 is 24.5 Å². The van der Waals surface area contributed by atoms with Crippen LogP contribution in [0.25, 0.3) is 0 Å². The lowest BCUT2D eigenvalue weighted by molar-refractivity contribution is -0.143. The molecule has 458 valence electrons. The molecule has 3 N–H and O–H groups in total. The lowest BCUT2D eigenvalue weighted by atomic mass is 10.0. The minimum absolute atomic E-state index is 0.00434. The van der Waals surface area contributed by atoms with Crippen molar-refractivity contribution in [2.75, 3.05) is 13.2 Å². The number of ether oxygens (including phenoxy) is 1. The van der Waals surface area contributed by atoms with Gasteiger partial charge in [-0.15, -0.1) is 0 Å². The van der Waals surface area contributed by atoms with E-state index in [-0.39, 0.29) is 18.5 Å². The minimum Gasteiger partial charge on any atom is -0.466 e. The van der Waals surface area contributed by atoms with Gasteiger partial charge in [0.25, 0.3) is 0 Å². The summed E-state index contributed by atoms with van der Waals surface area (Å²) in [5, 5.41) is 23.2. The summed E-state index contributed by atoms with van der Waals surface area (Å²) in [5.74, 6) is -0.0611. The average molecular weight is 1090 g/mol. The number of amides is 1. The molecule has 1 amide bonds. The highest BCUT2D eigenvalue weighted by Gasteiger charge is 2.18. The van der Waals surface area contributed by atoms with Crippen LogP contribution in [-0.2, 0) is 14.3 Å². The Morgan fingerprint density at radius 2 is 0.641 bits per heavy atom. The Balaban J connectivity index is 3.41. The van der Waals surface area contributed by atoms with E-state index in [9.17, 15) is 19.8 Å². The smallest absolute Gasteiger partial charge is 0.305 e. The third-order valence-electron chi connectivity index (χ3n) is 16.1. The zero-order valence-electron chi connectivity index (χ0n) is 52.4. The van der Waals surface area contributed by atoms with Gasteiger partial charge in [-0.1, -0.05) is 319 Å². The fraction of sp³-hybridized carbons (Fsp3) is 0.861. The standard InChI is InChI=1S/C72H135NO5/c1-3-5-7-9-11-13-15-17-19-37-40-44-48-52-56-60-64-70(75)69(68-74)73-71(76)65-61-57-53-49-45-41-38-35-33-31-29-27-25-23-21-20-22-24-26-28-30-32-34-36-39-43-47-51-55-59-63-67-78-72(77)66-62-58-54-50-46-42-18-16-14-12-10-8-6-4-2/h16,18,22,24,28,30,60,64,69-70,74-75H,3-15,17,19-21,23,25-27,29,31-59,61-63,65-68H2,1-2H3,(H,73,76)/b18-16-,24-22-,30-28-,64-60+. The number of carbonyl (C=O) groups excluding carboxylic acids is 2. The molecule has 0 rings (SSSR count). The lowest BCUT2D eigenvalue weighted by Gasteiger charge is -2.20. The monoisotopic (exact) mass is 1090 g/mol. The molecule has 0 aromatic rings. The van der Waals surface area contributed by atoms with Gasteiger partial charge in [0.15, 0.2) is 0 Å². The quantitative estimate of drug-likeness (QED) is 0.0320. The van der Waals surface area contributed by atoms with Crippen LogP contribution in [-0.4, -0.2) is 47.4 Å². The summed E-state index contributed by atoms with van der Waals surface area (Å²) in [7, 11) is 0. The van der Waals surface area contributed by atoms with E-state index in [0.29, 0.717) is 19.4 Å². The molecular weight excluding hydrogens is 959 g/mol. The van der Waals surface area contributed by atoms with E-state index in [2.05, 4.69) is 55.6 Å². The van der Waals surface area contributed by atoms with Gasteiger partial charge in [-0.25, -0.2) is 0 Å². The molecule has 0 radical (unpaired) electrons. The Morgan fingerprint density at radius 3 is 0.987 bits per heavy atom. The number of aliphatic hydroxyl groups is 2. The predicted molar refractivity (Wildman–Crippen MR) is 342 cm³/mol. The average Bonchev–Trinajstić information content (AvgIpc) is 3.44. The summed E-state index contributed by atoms with van der Waals surface area (Å²) in [4.78, 5) is 24.5. The van der Waals surface area contributed by atoms with E-state index in [0.717, 1.165) is 51.4 Å². The van der Waals surface area contributed by atoms with Crippen molar-refractivity contribution >= 4 is 11.9 Å². The second-order valence-electron chi connectivity index (χ2n) is 23.9. The van der Waals surface area contributed by atoms with E-state index in [4.69, 9.17) is 4.74 Å². The molecule has 0 aliphatic carbocycles. The maximum Gasteiger partial charge on any atom is 0.305 e. The lowest BCUT2D eigenvalue weighted by Crippen LogP contribution is -2.45. The largest absolute Gasteiger partial charge is 0.466 e. The summed E-state index contributed by atoms with van der Waals surface area (Å²) in [6, 6.07) is -0.628. The Labute approximate surface area is 486 Å². The van der Waals surface area contributed by atoms with Crippen LogP contribution in [0.5, 0.6) is 0 Å². The minimum atomic E-state index is -0.845. The topological polar surface area (TPSA) is 95.9 Å². The van der Waals surface area contributed by atoms with Crippen LogP contribution in [0.15, 0.2) is 48.6 Å². The van der Waals surface area contributed by atoms with Crippen molar-refractivity contribution in [1.82, 2.24) is 5.32 Å². The molecule has 0 saturated heterocycles. The number of carbonyl (C=O) groups is 2. The third kappa shape index (κ3) is 63.0. The van der Waals surface area contributed by atoms with E-state index in [1.165, 1.54) is 295 Å². The van der Waals surface area contributed by atoms with Crippen LogP contribution >= 0.6 is 0 Å². The number of rotatable bonds is 65. The van der Waals surface area contributed by atoms with Crippen molar-refractivity contribution in [3.05, 3.63) is 48.6 Å². The van der Waals surface area contributed by atoms with Gasteiger partial charge in [-0.3, -0.25) is 9.59 Å². The number of aliphatic hydroxyl groups excluding tert-OH is 2. The molecule has 0 spiro atoms. The first kappa shape index (κ1) is 75.8. The molecule has 0 bridgehead atoms. The fourth-order valence-corrected chi connectivity index (χ4v) is 10.7.